The third-order valence-electron chi connectivity index (χ3n) is 5.50. The maximum absolute atomic E-state index is 12.9. The molecule has 0 radical (unpaired) electrons. The first-order valence-corrected chi connectivity index (χ1v) is 10.1. The van der Waals surface area contributed by atoms with E-state index in [1.54, 1.807) is 24.3 Å². The molecule has 0 saturated carbocycles. The summed E-state index contributed by atoms with van der Waals surface area (Å²) in [5.41, 5.74) is 2.91. The summed E-state index contributed by atoms with van der Waals surface area (Å²) in [6.45, 7) is 3.82. The average molecular weight is 398 g/mol. The monoisotopic (exact) mass is 397 g/mol. The van der Waals surface area contributed by atoms with Crippen molar-refractivity contribution in [2.75, 3.05) is 44.2 Å². The van der Waals surface area contributed by atoms with E-state index in [0.717, 1.165) is 25.1 Å². The fourth-order valence-corrected chi connectivity index (χ4v) is 4.17. The molecule has 4 rings (SSSR count). The smallest absolute Gasteiger partial charge is 0.253 e. The highest BCUT2D eigenvalue weighted by Crippen LogP contribution is 2.26. The molecule has 0 aliphatic carbocycles. The number of anilines is 1. The number of amides is 2. The van der Waals surface area contributed by atoms with Gasteiger partial charge in [0.05, 0.1) is 6.54 Å². The number of hydrogen-bond acceptors (Lipinski definition) is 3. The molecule has 28 heavy (non-hydrogen) atoms. The van der Waals surface area contributed by atoms with Gasteiger partial charge in [-0.25, -0.2) is 0 Å². The lowest BCUT2D eigenvalue weighted by Gasteiger charge is -2.36. The van der Waals surface area contributed by atoms with Crippen LogP contribution in [0.15, 0.2) is 48.5 Å². The van der Waals surface area contributed by atoms with Crippen LogP contribution >= 0.6 is 11.6 Å². The molecule has 2 aliphatic rings. The molecular weight excluding hydrogens is 374 g/mol. The van der Waals surface area contributed by atoms with E-state index in [2.05, 4.69) is 11.0 Å². The van der Waals surface area contributed by atoms with Crippen LogP contribution in [0.3, 0.4) is 0 Å². The zero-order valence-corrected chi connectivity index (χ0v) is 16.6. The Labute approximate surface area is 170 Å². The summed E-state index contributed by atoms with van der Waals surface area (Å²) in [4.78, 5) is 31.4. The van der Waals surface area contributed by atoms with Crippen molar-refractivity contribution >= 4 is 29.1 Å². The number of rotatable bonds is 3. The van der Waals surface area contributed by atoms with Gasteiger partial charge in [-0.15, -0.1) is 0 Å². The number of halogens is 1. The van der Waals surface area contributed by atoms with Crippen molar-refractivity contribution < 1.29 is 9.59 Å². The Morgan fingerprint density at radius 1 is 0.929 bits per heavy atom. The fraction of sp³-hybridized carbons (Fsp3) is 0.364. The SMILES string of the molecule is O=C(c1cccc(Cl)c1)N1CCN(CC(=O)N2CCCc3ccccc32)CC1. The highest BCUT2D eigenvalue weighted by atomic mass is 35.5. The van der Waals surface area contributed by atoms with Gasteiger partial charge in [0, 0.05) is 49.0 Å². The van der Waals surface area contributed by atoms with Crippen molar-refractivity contribution in [2.24, 2.45) is 0 Å². The van der Waals surface area contributed by atoms with Crippen LogP contribution < -0.4 is 4.90 Å². The topological polar surface area (TPSA) is 43.9 Å². The zero-order valence-electron chi connectivity index (χ0n) is 15.8. The third kappa shape index (κ3) is 4.05. The summed E-state index contributed by atoms with van der Waals surface area (Å²) in [7, 11) is 0. The molecule has 0 aromatic heterocycles. The van der Waals surface area contributed by atoms with Gasteiger partial charge in [0.2, 0.25) is 5.91 Å². The summed E-state index contributed by atoms with van der Waals surface area (Å²) >= 11 is 6.00. The molecule has 0 unspecified atom stereocenters. The molecule has 2 aromatic carbocycles. The fourth-order valence-electron chi connectivity index (χ4n) is 3.98. The Balaban J connectivity index is 1.34. The van der Waals surface area contributed by atoms with Crippen LogP contribution in [0.5, 0.6) is 0 Å². The van der Waals surface area contributed by atoms with Crippen molar-refractivity contribution in [2.45, 2.75) is 12.8 Å². The molecule has 0 N–H and O–H groups in total. The van der Waals surface area contributed by atoms with E-state index in [1.165, 1.54) is 5.56 Å². The molecule has 6 heteroatoms. The average Bonchev–Trinajstić information content (AvgIpc) is 2.73. The van der Waals surface area contributed by atoms with E-state index in [9.17, 15) is 9.59 Å². The minimum Gasteiger partial charge on any atom is -0.336 e. The van der Waals surface area contributed by atoms with Gasteiger partial charge in [-0.2, -0.15) is 0 Å². The van der Waals surface area contributed by atoms with E-state index < -0.39 is 0 Å². The number of carbonyl (C=O) groups excluding carboxylic acids is 2. The summed E-state index contributed by atoms with van der Waals surface area (Å²) < 4.78 is 0. The van der Waals surface area contributed by atoms with Crippen LogP contribution in [0.25, 0.3) is 0 Å². The van der Waals surface area contributed by atoms with Gasteiger partial charge in [-0.1, -0.05) is 35.9 Å². The maximum atomic E-state index is 12.9. The molecule has 1 saturated heterocycles. The lowest BCUT2D eigenvalue weighted by atomic mass is 10.0. The molecule has 2 aliphatic heterocycles. The predicted octanol–water partition coefficient (Wildman–Crippen LogP) is 3.08. The van der Waals surface area contributed by atoms with Crippen LogP contribution in [0, 0.1) is 0 Å². The summed E-state index contributed by atoms with van der Waals surface area (Å²) in [5.74, 6) is 0.139. The zero-order chi connectivity index (χ0) is 19.5. The number of aryl methyl sites for hydroxylation is 1. The van der Waals surface area contributed by atoms with Crippen molar-refractivity contribution in [1.29, 1.82) is 0 Å². The number of piperazine rings is 1. The Kier molecular flexibility index (Phi) is 5.64. The van der Waals surface area contributed by atoms with Gasteiger partial charge in [-0.05, 0) is 42.7 Å². The Morgan fingerprint density at radius 3 is 2.50 bits per heavy atom. The van der Waals surface area contributed by atoms with Crippen LogP contribution in [-0.4, -0.2) is 60.9 Å². The summed E-state index contributed by atoms with van der Waals surface area (Å²) in [5, 5.41) is 0.567. The number of para-hydroxylation sites is 1. The second kappa shape index (κ2) is 8.33. The first kappa shape index (κ1) is 19.0. The van der Waals surface area contributed by atoms with Gasteiger partial charge < -0.3 is 9.80 Å². The van der Waals surface area contributed by atoms with E-state index in [1.807, 2.05) is 28.0 Å². The predicted molar refractivity (Wildman–Crippen MR) is 111 cm³/mol. The normalized spacial score (nSPS) is 17.3. The molecule has 2 heterocycles. The van der Waals surface area contributed by atoms with Crippen LogP contribution in [0.4, 0.5) is 5.69 Å². The lowest BCUT2D eigenvalue weighted by molar-refractivity contribution is -0.120. The first-order valence-electron chi connectivity index (χ1n) is 9.77. The quantitative estimate of drug-likeness (QED) is 0.799. The van der Waals surface area contributed by atoms with E-state index in [-0.39, 0.29) is 11.8 Å². The highest BCUT2D eigenvalue weighted by Gasteiger charge is 2.27. The summed E-state index contributed by atoms with van der Waals surface area (Å²) in [6, 6.07) is 15.2. The van der Waals surface area contributed by atoms with Gasteiger partial charge in [0.1, 0.15) is 0 Å². The first-order chi connectivity index (χ1) is 13.6. The van der Waals surface area contributed by atoms with Gasteiger partial charge in [-0.3, -0.25) is 14.5 Å². The second-order valence-corrected chi connectivity index (χ2v) is 7.79. The van der Waals surface area contributed by atoms with Gasteiger partial charge >= 0.3 is 0 Å². The molecule has 5 nitrogen and oxygen atoms in total. The van der Waals surface area contributed by atoms with E-state index in [4.69, 9.17) is 11.6 Å². The number of benzene rings is 2. The molecule has 0 bridgehead atoms. The molecule has 146 valence electrons. The molecule has 2 amide bonds. The minimum absolute atomic E-state index is 0.00145. The van der Waals surface area contributed by atoms with Crippen molar-refractivity contribution in [3.8, 4) is 0 Å². The summed E-state index contributed by atoms with van der Waals surface area (Å²) in [6.07, 6.45) is 2.04. The molecule has 0 atom stereocenters. The third-order valence-corrected chi connectivity index (χ3v) is 5.74. The van der Waals surface area contributed by atoms with Gasteiger partial charge in [0.25, 0.3) is 5.91 Å². The minimum atomic E-state index is -0.00145. The van der Waals surface area contributed by atoms with Gasteiger partial charge in [0.15, 0.2) is 0 Å². The number of hydrogen-bond donors (Lipinski definition) is 0. The Morgan fingerprint density at radius 2 is 1.71 bits per heavy atom. The lowest BCUT2D eigenvalue weighted by Crippen LogP contribution is -2.52. The van der Waals surface area contributed by atoms with Crippen molar-refractivity contribution in [3.05, 3.63) is 64.7 Å². The van der Waals surface area contributed by atoms with Crippen LogP contribution in [-0.2, 0) is 11.2 Å². The molecule has 0 spiro atoms. The molecule has 1 fully saturated rings. The van der Waals surface area contributed by atoms with Crippen LogP contribution in [0.2, 0.25) is 5.02 Å². The largest absolute Gasteiger partial charge is 0.336 e. The van der Waals surface area contributed by atoms with Crippen molar-refractivity contribution in [3.63, 3.8) is 0 Å². The van der Waals surface area contributed by atoms with E-state index in [0.29, 0.717) is 43.3 Å². The molecule has 2 aromatic rings. The highest BCUT2D eigenvalue weighted by molar-refractivity contribution is 6.30. The van der Waals surface area contributed by atoms with Crippen LogP contribution in [0.1, 0.15) is 22.3 Å². The maximum Gasteiger partial charge on any atom is 0.253 e. The second-order valence-electron chi connectivity index (χ2n) is 7.36. The molecular formula is C22H24ClN3O2. The number of fused-ring (bicyclic) bond motifs is 1. The van der Waals surface area contributed by atoms with E-state index >= 15 is 0 Å². The standard InChI is InChI=1S/C22H24ClN3O2/c23-19-8-3-6-18(15-19)22(28)25-13-11-24(12-14-25)16-21(27)26-10-4-7-17-5-1-2-9-20(17)26/h1-3,5-6,8-9,15H,4,7,10-14,16H2. The van der Waals surface area contributed by atoms with Crippen molar-refractivity contribution in [1.82, 2.24) is 9.80 Å². The Bertz CT molecular complexity index is 878. The number of nitrogens with zero attached hydrogens (tertiary/aromatic N) is 3. The Hall–Kier alpha value is -2.37. The number of carbonyl (C=O) groups is 2.